The first kappa shape index (κ1) is 9.99. The standard InChI is InChI=1S/C9H11ClN2O/c1-4-7(13)5-8-6(2)11-12(3)9(8)10/h4H,1,5H2,2-3H3. The number of ketones is 1. The monoisotopic (exact) mass is 198 g/mol. The summed E-state index contributed by atoms with van der Waals surface area (Å²) in [6, 6.07) is 0. The Hall–Kier alpha value is -1.09. The Labute approximate surface area is 82.0 Å². The predicted molar refractivity (Wildman–Crippen MR) is 51.9 cm³/mol. The number of halogens is 1. The van der Waals surface area contributed by atoms with E-state index in [1.807, 2.05) is 6.92 Å². The molecular weight excluding hydrogens is 188 g/mol. The molecule has 0 aliphatic heterocycles. The molecule has 1 aromatic heterocycles. The fourth-order valence-electron chi connectivity index (χ4n) is 1.12. The van der Waals surface area contributed by atoms with Gasteiger partial charge in [-0.05, 0) is 13.0 Å². The number of hydrogen-bond acceptors (Lipinski definition) is 2. The Morgan fingerprint density at radius 3 is 2.77 bits per heavy atom. The third-order valence-corrected chi connectivity index (χ3v) is 2.32. The maximum atomic E-state index is 11.1. The number of nitrogens with zero attached hydrogens (tertiary/aromatic N) is 2. The third-order valence-electron chi connectivity index (χ3n) is 1.85. The van der Waals surface area contributed by atoms with Crippen LogP contribution in [-0.4, -0.2) is 15.6 Å². The molecule has 0 atom stereocenters. The van der Waals surface area contributed by atoms with Crippen molar-refractivity contribution in [1.82, 2.24) is 9.78 Å². The maximum Gasteiger partial charge on any atom is 0.159 e. The fraction of sp³-hybridized carbons (Fsp3) is 0.333. The SMILES string of the molecule is C=CC(=O)Cc1c(C)nn(C)c1Cl. The molecule has 0 N–H and O–H groups in total. The van der Waals surface area contributed by atoms with Crippen molar-refractivity contribution in [1.29, 1.82) is 0 Å². The minimum absolute atomic E-state index is 0.0435. The Balaban J connectivity index is 3.00. The van der Waals surface area contributed by atoms with Crippen LogP contribution in [0.25, 0.3) is 0 Å². The molecule has 1 aromatic rings. The number of carbonyl (C=O) groups excluding carboxylic acids is 1. The van der Waals surface area contributed by atoms with Crippen LogP contribution < -0.4 is 0 Å². The fourth-order valence-corrected chi connectivity index (χ4v) is 1.36. The molecular formula is C9H11ClN2O. The minimum atomic E-state index is -0.0435. The van der Waals surface area contributed by atoms with Crippen LogP contribution in [0.4, 0.5) is 0 Å². The van der Waals surface area contributed by atoms with Gasteiger partial charge in [-0.3, -0.25) is 9.48 Å². The van der Waals surface area contributed by atoms with Crippen molar-refractivity contribution in [2.24, 2.45) is 7.05 Å². The molecule has 0 unspecified atom stereocenters. The molecule has 0 bridgehead atoms. The van der Waals surface area contributed by atoms with Crippen molar-refractivity contribution < 1.29 is 4.79 Å². The normalized spacial score (nSPS) is 10.1. The lowest BCUT2D eigenvalue weighted by molar-refractivity contribution is -0.114. The predicted octanol–water partition coefficient (Wildman–Crippen LogP) is 1.68. The van der Waals surface area contributed by atoms with Gasteiger partial charge in [-0.25, -0.2) is 0 Å². The molecule has 0 fully saturated rings. The number of aryl methyl sites for hydroxylation is 2. The second-order valence-corrected chi connectivity index (χ2v) is 3.18. The summed E-state index contributed by atoms with van der Waals surface area (Å²) in [6.45, 7) is 5.23. The zero-order valence-corrected chi connectivity index (χ0v) is 8.43. The van der Waals surface area contributed by atoms with Gasteiger partial charge in [0, 0.05) is 19.0 Å². The molecule has 4 heteroatoms. The van der Waals surface area contributed by atoms with Crippen LogP contribution in [-0.2, 0) is 18.3 Å². The summed E-state index contributed by atoms with van der Waals surface area (Å²) < 4.78 is 1.56. The highest BCUT2D eigenvalue weighted by Gasteiger charge is 2.12. The molecule has 0 spiro atoms. The Kier molecular flexibility index (Phi) is 2.88. The molecule has 0 aliphatic rings. The lowest BCUT2D eigenvalue weighted by Crippen LogP contribution is -1.99. The number of hydrogen-bond donors (Lipinski definition) is 0. The van der Waals surface area contributed by atoms with Crippen molar-refractivity contribution in [2.75, 3.05) is 0 Å². The first-order valence-electron chi connectivity index (χ1n) is 3.89. The van der Waals surface area contributed by atoms with Crippen LogP contribution in [0.15, 0.2) is 12.7 Å². The van der Waals surface area contributed by atoms with Gasteiger partial charge in [-0.1, -0.05) is 18.2 Å². The van der Waals surface area contributed by atoms with E-state index in [1.54, 1.807) is 11.7 Å². The topological polar surface area (TPSA) is 34.9 Å². The van der Waals surface area contributed by atoms with Crippen LogP contribution in [0, 0.1) is 6.92 Å². The summed E-state index contributed by atoms with van der Waals surface area (Å²) in [6.07, 6.45) is 1.57. The van der Waals surface area contributed by atoms with E-state index < -0.39 is 0 Å². The third kappa shape index (κ3) is 1.98. The summed E-state index contributed by atoms with van der Waals surface area (Å²) in [5.74, 6) is -0.0435. The summed E-state index contributed by atoms with van der Waals surface area (Å²) >= 11 is 5.93. The summed E-state index contributed by atoms with van der Waals surface area (Å²) in [7, 11) is 1.75. The highest BCUT2D eigenvalue weighted by atomic mass is 35.5. The quantitative estimate of drug-likeness (QED) is 0.693. The largest absolute Gasteiger partial charge is 0.295 e. The van der Waals surface area contributed by atoms with Gasteiger partial charge >= 0.3 is 0 Å². The van der Waals surface area contributed by atoms with E-state index in [-0.39, 0.29) is 12.2 Å². The zero-order chi connectivity index (χ0) is 10.0. The molecule has 0 radical (unpaired) electrons. The van der Waals surface area contributed by atoms with E-state index in [4.69, 9.17) is 11.6 Å². The molecule has 3 nitrogen and oxygen atoms in total. The molecule has 0 saturated carbocycles. The highest BCUT2D eigenvalue weighted by molar-refractivity contribution is 6.30. The molecule has 1 heterocycles. The molecule has 0 aromatic carbocycles. The van der Waals surface area contributed by atoms with Crippen LogP contribution in [0.5, 0.6) is 0 Å². The zero-order valence-electron chi connectivity index (χ0n) is 7.67. The highest BCUT2D eigenvalue weighted by Crippen LogP contribution is 2.19. The summed E-state index contributed by atoms with van der Waals surface area (Å²) in [5, 5.41) is 4.62. The summed E-state index contributed by atoms with van der Waals surface area (Å²) in [4.78, 5) is 11.1. The molecule has 1 rings (SSSR count). The van der Waals surface area contributed by atoms with Crippen LogP contribution in [0.3, 0.4) is 0 Å². The smallest absolute Gasteiger partial charge is 0.159 e. The van der Waals surface area contributed by atoms with Gasteiger partial charge in [0.15, 0.2) is 5.78 Å². The number of allylic oxidation sites excluding steroid dienone is 1. The minimum Gasteiger partial charge on any atom is -0.295 e. The van der Waals surface area contributed by atoms with Gasteiger partial charge in [0.05, 0.1) is 5.69 Å². The van der Waals surface area contributed by atoms with E-state index in [0.29, 0.717) is 5.15 Å². The van der Waals surface area contributed by atoms with Gasteiger partial charge in [0.25, 0.3) is 0 Å². The van der Waals surface area contributed by atoms with E-state index in [2.05, 4.69) is 11.7 Å². The Bertz CT molecular complexity index is 355. The second kappa shape index (κ2) is 3.75. The molecule has 13 heavy (non-hydrogen) atoms. The molecule has 0 saturated heterocycles. The van der Waals surface area contributed by atoms with E-state index in [1.165, 1.54) is 6.08 Å². The first-order valence-corrected chi connectivity index (χ1v) is 4.27. The lowest BCUT2D eigenvalue weighted by atomic mass is 10.1. The molecule has 0 aliphatic carbocycles. The average Bonchev–Trinajstić information content (AvgIpc) is 2.32. The number of carbonyl (C=O) groups is 1. The first-order chi connectivity index (χ1) is 6.06. The van der Waals surface area contributed by atoms with Gasteiger partial charge in [-0.15, -0.1) is 0 Å². The second-order valence-electron chi connectivity index (χ2n) is 2.83. The van der Waals surface area contributed by atoms with Crippen LogP contribution >= 0.6 is 11.6 Å². The van der Waals surface area contributed by atoms with E-state index in [0.717, 1.165) is 11.3 Å². The Morgan fingerprint density at radius 2 is 2.38 bits per heavy atom. The van der Waals surface area contributed by atoms with Crippen molar-refractivity contribution >= 4 is 17.4 Å². The van der Waals surface area contributed by atoms with Crippen molar-refractivity contribution in [3.05, 3.63) is 29.1 Å². The van der Waals surface area contributed by atoms with E-state index in [9.17, 15) is 4.79 Å². The summed E-state index contributed by atoms with van der Waals surface area (Å²) in [5.41, 5.74) is 1.58. The maximum absolute atomic E-state index is 11.1. The van der Waals surface area contributed by atoms with Crippen LogP contribution in [0.1, 0.15) is 11.3 Å². The van der Waals surface area contributed by atoms with Crippen LogP contribution in [0.2, 0.25) is 5.15 Å². The molecule has 70 valence electrons. The van der Waals surface area contributed by atoms with Crippen molar-refractivity contribution in [3.8, 4) is 0 Å². The average molecular weight is 199 g/mol. The number of rotatable bonds is 3. The van der Waals surface area contributed by atoms with Gasteiger partial charge in [-0.2, -0.15) is 5.10 Å². The van der Waals surface area contributed by atoms with Gasteiger partial charge < -0.3 is 0 Å². The van der Waals surface area contributed by atoms with Crippen molar-refractivity contribution in [2.45, 2.75) is 13.3 Å². The van der Waals surface area contributed by atoms with Crippen molar-refractivity contribution in [3.63, 3.8) is 0 Å². The van der Waals surface area contributed by atoms with Gasteiger partial charge in [0.2, 0.25) is 0 Å². The van der Waals surface area contributed by atoms with E-state index >= 15 is 0 Å². The Morgan fingerprint density at radius 1 is 1.77 bits per heavy atom. The lowest BCUT2D eigenvalue weighted by Gasteiger charge is -1.95. The number of aromatic nitrogens is 2. The van der Waals surface area contributed by atoms with Gasteiger partial charge in [0.1, 0.15) is 5.15 Å². The molecule has 0 amide bonds.